The van der Waals surface area contributed by atoms with Crippen LogP contribution in [0.4, 0.5) is 5.69 Å². The van der Waals surface area contributed by atoms with Gasteiger partial charge in [-0.25, -0.2) is 8.42 Å². The van der Waals surface area contributed by atoms with Crippen molar-refractivity contribution in [2.75, 3.05) is 24.2 Å². The SMILES string of the molecule is CNC(=O)C(C)N(Cc1ccc(Cl)cc1Cl)C(=O)CN(c1cccc(C)c1)S(C)(=O)=O. The monoisotopic (exact) mass is 485 g/mol. The molecule has 0 spiro atoms. The molecule has 2 aromatic carbocycles. The van der Waals surface area contributed by atoms with E-state index < -0.39 is 28.5 Å². The van der Waals surface area contributed by atoms with E-state index in [1.165, 1.54) is 11.9 Å². The van der Waals surface area contributed by atoms with E-state index in [1.807, 2.05) is 13.0 Å². The lowest BCUT2D eigenvalue weighted by Crippen LogP contribution is -2.50. The minimum atomic E-state index is -3.76. The van der Waals surface area contributed by atoms with Crippen LogP contribution < -0.4 is 9.62 Å². The van der Waals surface area contributed by atoms with E-state index in [-0.39, 0.29) is 12.5 Å². The summed E-state index contributed by atoms with van der Waals surface area (Å²) >= 11 is 12.2. The molecule has 0 aromatic heterocycles. The molecule has 7 nitrogen and oxygen atoms in total. The summed E-state index contributed by atoms with van der Waals surface area (Å²) in [4.78, 5) is 26.9. The Morgan fingerprint density at radius 3 is 2.35 bits per heavy atom. The minimum Gasteiger partial charge on any atom is -0.357 e. The predicted molar refractivity (Wildman–Crippen MR) is 124 cm³/mol. The van der Waals surface area contributed by atoms with Crippen LogP contribution in [0.15, 0.2) is 42.5 Å². The molecule has 0 radical (unpaired) electrons. The molecule has 31 heavy (non-hydrogen) atoms. The topological polar surface area (TPSA) is 86.8 Å². The van der Waals surface area contributed by atoms with E-state index in [4.69, 9.17) is 23.2 Å². The first-order valence-electron chi connectivity index (χ1n) is 9.43. The van der Waals surface area contributed by atoms with Gasteiger partial charge in [-0.2, -0.15) is 0 Å². The van der Waals surface area contributed by atoms with Crippen molar-refractivity contribution in [3.8, 4) is 0 Å². The lowest BCUT2D eigenvalue weighted by atomic mass is 10.1. The summed E-state index contributed by atoms with van der Waals surface area (Å²) in [6, 6.07) is 10.8. The molecule has 2 aromatic rings. The van der Waals surface area contributed by atoms with Gasteiger partial charge < -0.3 is 10.2 Å². The number of amides is 2. The number of anilines is 1. The van der Waals surface area contributed by atoms with Gasteiger partial charge in [-0.15, -0.1) is 0 Å². The number of likely N-dealkylation sites (N-methyl/N-ethyl adjacent to an activating group) is 1. The first-order valence-corrected chi connectivity index (χ1v) is 12.0. The van der Waals surface area contributed by atoms with Gasteiger partial charge in [-0.05, 0) is 49.2 Å². The van der Waals surface area contributed by atoms with Crippen LogP contribution in [-0.4, -0.2) is 51.0 Å². The Morgan fingerprint density at radius 2 is 1.81 bits per heavy atom. The van der Waals surface area contributed by atoms with E-state index >= 15 is 0 Å². The number of carbonyl (C=O) groups is 2. The molecule has 0 bridgehead atoms. The van der Waals surface area contributed by atoms with Crippen molar-refractivity contribution < 1.29 is 18.0 Å². The maximum absolute atomic E-state index is 13.3. The molecule has 1 unspecified atom stereocenters. The fraction of sp³-hybridized carbons (Fsp3) is 0.333. The Balaban J connectivity index is 2.41. The van der Waals surface area contributed by atoms with Gasteiger partial charge in [0.15, 0.2) is 0 Å². The maximum atomic E-state index is 13.3. The predicted octanol–water partition coefficient (Wildman–Crippen LogP) is 3.23. The molecular weight excluding hydrogens is 461 g/mol. The maximum Gasteiger partial charge on any atom is 0.244 e. The van der Waals surface area contributed by atoms with E-state index in [9.17, 15) is 18.0 Å². The summed E-state index contributed by atoms with van der Waals surface area (Å²) in [5, 5.41) is 3.29. The molecule has 2 rings (SSSR count). The lowest BCUT2D eigenvalue weighted by Gasteiger charge is -2.31. The van der Waals surface area contributed by atoms with Crippen LogP contribution in [0.3, 0.4) is 0 Å². The third-order valence-electron chi connectivity index (χ3n) is 4.74. The summed E-state index contributed by atoms with van der Waals surface area (Å²) in [5.74, 6) is -0.936. The van der Waals surface area contributed by atoms with E-state index in [1.54, 1.807) is 43.3 Å². The highest BCUT2D eigenvalue weighted by atomic mass is 35.5. The number of hydrogen-bond acceptors (Lipinski definition) is 4. The fourth-order valence-corrected chi connectivity index (χ4v) is 4.33. The van der Waals surface area contributed by atoms with Gasteiger partial charge in [-0.3, -0.25) is 13.9 Å². The van der Waals surface area contributed by atoms with E-state index in [2.05, 4.69) is 5.32 Å². The first kappa shape index (κ1) is 25.0. The van der Waals surface area contributed by atoms with Gasteiger partial charge >= 0.3 is 0 Å². The molecular formula is C21H25Cl2N3O4S. The van der Waals surface area contributed by atoms with Gasteiger partial charge in [0.05, 0.1) is 11.9 Å². The summed E-state index contributed by atoms with van der Waals surface area (Å²) in [5.41, 5.74) is 1.80. The Labute approximate surface area is 193 Å². The van der Waals surface area contributed by atoms with Crippen molar-refractivity contribution in [1.29, 1.82) is 0 Å². The number of hydrogen-bond donors (Lipinski definition) is 1. The average molecular weight is 486 g/mol. The molecule has 1 atom stereocenters. The molecule has 0 saturated heterocycles. The Hall–Kier alpha value is -2.29. The number of benzene rings is 2. The standard InChI is InChI=1S/C21H25Cl2N3O4S/c1-14-6-5-7-18(10-14)26(31(4,29)30)13-20(27)25(15(2)21(28)24-3)12-16-8-9-17(22)11-19(16)23/h5-11,15H,12-13H2,1-4H3,(H,24,28). The lowest BCUT2D eigenvalue weighted by molar-refractivity contribution is -0.139. The molecule has 0 aliphatic rings. The van der Waals surface area contributed by atoms with Crippen molar-refractivity contribution in [2.45, 2.75) is 26.4 Å². The molecule has 2 amide bonds. The molecule has 0 heterocycles. The minimum absolute atomic E-state index is 0.00877. The number of carbonyl (C=O) groups excluding carboxylic acids is 2. The number of halogens is 2. The van der Waals surface area contributed by atoms with Crippen molar-refractivity contribution in [1.82, 2.24) is 10.2 Å². The average Bonchev–Trinajstić information content (AvgIpc) is 2.69. The van der Waals surface area contributed by atoms with E-state index in [0.717, 1.165) is 16.1 Å². The van der Waals surface area contributed by atoms with E-state index in [0.29, 0.717) is 21.3 Å². The van der Waals surface area contributed by atoms with Crippen LogP contribution in [0.25, 0.3) is 0 Å². The van der Waals surface area contributed by atoms with Crippen LogP contribution >= 0.6 is 23.2 Å². The van der Waals surface area contributed by atoms with Gasteiger partial charge in [0.2, 0.25) is 21.8 Å². The zero-order valence-corrected chi connectivity index (χ0v) is 20.1. The number of nitrogens with one attached hydrogen (secondary N) is 1. The second-order valence-electron chi connectivity index (χ2n) is 7.16. The number of sulfonamides is 1. The zero-order valence-electron chi connectivity index (χ0n) is 17.7. The summed E-state index contributed by atoms with van der Waals surface area (Å²) < 4.78 is 25.9. The van der Waals surface area contributed by atoms with Crippen molar-refractivity contribution >= 4 is 50.7 Å². The molecule has 0 fully saturated rings. The van der Waals surface area contributed by atoms with Crippen LogP contribution in [0.1, 0.15) is 18.1 Å². The van der Waals surface area contributed by atoms with Gasteiger partial charge in [0.1, 0.15) is 12.6 Å². The highest BCUT2D eigenvalue weighted by molar-refractivity contribution is 7.92. The van der Waals surface area contributed by atoms with Crippen LogP contribution in [-0.2, 0) is 26.2 Å². The fourth-order valence-electron chi connectivity index (χ4n) is 3.02. The first-order chi connectivity index (χ1) is 14.4. The Bertz CT molecular complexity index is 1080. The number of aryl methyl sites for hydroxylation is 1. The zero-order chi connectivity index (χ0) is 23.3. The summed E-state index contributed by atoms with van der Waals surface area (Å²) in [7, 11) is -2.30. The second kappa shape index (κ2) is 10.3. The summed E-state index contributed by atoms with van der Waals surface area (Å²) in [6.45, 7) is 2.94. The highest BCUT2D eigenvalue weighted by Crippen LogP contribution is 2.24. The third kappa shape index (κ3) is 6.59. The normalized spacial score (nSPS) is 12.2. The van der Waals surface area contributed by atoms with Crippen LogP contribution in [0.5, 0.6) is 0 Å². The Morgan fingerprint density at radius 1 is 1.13 bits per heavy atom. The Kier molecular flexibility index (Phi) is 8.34. The molecule has 0 saturated carbocycles. The van der Waals surface area contributed by atoms with Crippen molar-refractivity contribution in [2.24, 2.45) is 0 Å². The van der Waals surface area contributed by atoms with Gasteiger partial charge in [0, 0.05) is 23.6 Å². The smallest absolute Gasteiger partial charge is 0.244 e. The van der Waals surface area contributed by atoms with Crippen molar-refractivity contribution in [3.05, 3.63) is 63.6 Å². The van der Waals surface area contributed by atoms with Gasteiger partial charge in [0.25, 0.3) is 0 Å². The molecule has 10 heteroatoms. The largest absolute Gasteiger partial charge is 0.357 e. The van der Waals surface area contributed by atoms with Gasteiger partial charge in [-0.1, -0.05) is 41.4 Å². The number of nitrogens with zero attached hydrogens (tertiary/aromatic N) is 2. The summed E-state index contributed by atoms with van der Waals surface area (Å²) in [6.07, 6.45) is 1.03. The second-order valence-corrected chi connectivity index (χ2v) is 9.91. The highest BCUT2D eigenvalue weighted by Gasteiger charge is 2.30. The molecule has 0 aliphatic carbocycles. The molecule has 1 N–H and O–H groups in total. The van der Waals surface area contributed by atoms with Crippen LogP contribution in [0.2, 0.25) is 10.0 Å². The van der Waals surface area contributed by atoms with Crippen molar-refractivity contribution in [3.63, 3.8) is 0 Å². The molecule has 0 aliphatic heterocycles. The van der Waals surface area contributed by atoms with Crippen LogP contribution in [0, 0.1) is 6.92 Å². The number of rotatable bonds is 8. The third-order valence-corrected chi connectivity index (χ3v) is 6.47. The molecule has 168 valence electrons. The quantitative estimate of drug-likeness (QED) is 0.621.